The Morgan fingerprint density at radius 1 is 1.20 bits per heavy atom. The molecule has 1 atom stereocenters. The van der Waals surface area contributed by atoms with E-state index in [-0.39, 0.29) is 12.0 Å². The number of para-hydroxylation sites is 1. The smallest absolute Gasteiger partial charge is 0.328 e. The number of nitrogens with zero attached hydrogens (tertiary/aromatic N) is 5. The van der Waals surface area contributed by atoms with Crippen LogP contribution in [0.25, 0.3) is 17.0 Å². The number of carboxylic acid groups (broad SMARTS) is 1. The maximum atomic E-state index is 11.2. The van der Waals surface area contributed by atoms with Crippen molar-refractivity contribution in [1.82, 2.24) is 19.9 Å². The third-order valence-electron chi connectivity index (χ3n) is 6.50. The van der Waals surface area contributed by atoms with E-state index in [1.54, 1.807) is 6.92 Å². The van der Waals surface area contributed by atoms with Crippen LogP contribution in [0.4, 0.5) is 17.6 Å². The van der Waals surface area contributed by atoms with Crippen molar-refractivity contribution >= 4 is 40.5 Å². The van der Waals surface area contributed by atoms with Crippen LogP contribution < -0.4 is 16.0 Å². The molecular formula is C26H33N7O2. The van der Waals surface area contributed by atoms with E-state index < -0.39 is 5.97 Å². The molecule has 0 spiro atoms. The maximum Gasteiger partial charge on any atom is 0.328 e. The van der Waals surface area contributed by atoms with Crippen molar-refractivity contribution in [3.05, 3.63) is 52.7 Å². The topological polar surface area (TPSA) is 120 Å². The van der Waals surface area contributed by atoms with Gasteiger partial charge in [0.05, 0.1) is 17.3 Å². The minimum absolute atomic E-state index is 0.118. The second-order valence-electron chi connectivity index (χ2n) is 9.04. The van der Waals surface area contributed by atoms with Crippen molar-refractivity contribution < 1.29 is 9.90 Å². The zero-order valence-electron chi connectivity index (χ0n) is 20.7. The van der Waals surface area contributed by atoms with Crippen LogP contribution >= 0.6 is 0 Å². The zero-order valence-corrected chi connectivity index (χ0v) is 20.7. The molecule has 1 fully saturated rings. The van der Waals surface area contributed by atoms with Crippen molar-refractivity contribution in [3.63, 3.8) is 0 Å². The molecule has 4 N–H and O–H groups in total. The largest absolute Gasteiger partial charge is 0.478 e. The monoisotopic (exact) mass is 475 g/mol. The second kappa shape index (κ2) is 10.3. The van der Waals surface area contributed by atoms with E-state index in [1.807, 2.05) is 0 Å². The van der Waals surface area contributed by atoms with Crippen molar-refractivity contribution in [2.45, 2.75) is 33.2 Å². The molecule has 9 heteroatoms. The number of aliphatic carboxylic acids is 1. The number of aromatic nitrogens is 3. The number of likely N-dealkylation sites (N-methyl/N-ethyl adjacent to an activating group) is 1. The Morgan fingerprint density at radius 3 is 2.63 bits per heavy atom. The third kappa shape index (κ3) is 5.35. The molecule has 0 bridgehead atoms. The molecule has 184 valence electrons. The van der Waals surface area contributed by atoms with E-state index in [4.69, 9.17) is 15.8 Å². The Hall–Kier alpha value is -3.72. The summed E-state index contributed by atoms with van der Waals surface area (Å²) >= 11 is 0. The van der Waals surface area contributed by atoms with E-state index >= 15 is 0 Å². The molecule has 0 radical (unpaired) electrons. The number of nitrogens with two attached hydrogens (primary N) is 1. The number of hydrogen-bond donors (Lipinski definition) is 3. The van der Waals surface area contributed by atoms with Crippen LogP contribution in [0, 0.1) is 13.8 Å². The molecule has 9 nitrogen and oxygen atoms in total. The molecule has 3 aromatic rings. The predicted octanol–water partition coefficient (Wildman–Crippen LogP) is 3.64. The molecule has 3 heterocycles. The number of nitrogen functional groups attached to an aromatic ring is 1. The SMILES string of the molecule is CCC(Nc1nc(N)nc(C)c1C=CC(=O)O)c1cc2cccc(C)c2nc1N1CCN(C)CC1. The summed E-state index contributed by atoms with van der Waals surface area (Å²) in [6.07, 6.45) is 3.37. The van der Waals surface area contributed by atoms with Gasteiger partial charge in [-0.05, 0) is 45.0 Å². The van der Waals surface area contributed by atoms with Crippen LogP contribution in [0.2, 0.25) is 0 Å². The van der Waals surface area contributed by atoms with Crippen molar-refractivity contribution in [1.29, 1.82) is 0 Å². The lowest BCUT2D eigenvalue weighted by atomic mass is 10.00. The zero-order chi connectivity index (χ0) is 25.1. The molecule has 1 unspecified atom stereocenters. The van der Waals surface area contributed by atoms with E-state index in [0.717, 1.165) is 66.5 Å². The number of anilines is 3. The van der Waals surface area contributed by atoms with Crippen LogP contribution in [-0.4, -0.2) is 64.2 Å². The Bertz CT molecular complexity index is 1270. The molecular weight excluding hydrogens is 442 g/mol. The van der Waals surface area contributed by atoms with Gasteiger partial charge in [-0.3, -0.25) is 0 Å². The van der Waals surface area contributed by atoms with E-state index in [0.29, 0.717) is 17.1 Å². The molecule has 1 aromatic carbocycles. The van der Waals surface area contributed by atoms with Gasteiger partial charge in [0.2, 0.25) is 5.95 Å². The van der Waals surface area contributed by atoms with Crippen LogP contribution in [-0.2, 0) is 4.79 Å². The first kappa shape index (κ1) is 24.4. The highest BCUT2D eigenvalue weighted by Gasteiger charge is 2.24. The van der Waals surface area contributed by atoms with Gasteiger partial charge in [-0.2, -0.15) is 4.98 Å². The molecule has 1 aliphatic heterocycles. The first-order valence-electron chi connectivity index (χ1n) is 11.9. The summed E-state index contributed by atoms with van der Waals surface area (Å²) in [7, 11) is 2.14. The average molecular weight is 476 g/mol. The maximum absolute atomic E-state index is 11.2. The third-order valence-corrected chi connectivity index (χ3v) is 6.50. The van der Waals surface area contributed by atoms with Crippen molar-refractivity contribution in [2.24, 2.45) is 0 Å². The summed E-state index contributed by atoms with van der Waals surface area (Å²) in [6, 6.07) is 8.33. The number of piperazine rings is 1. The quantitative estimate of drug-likeness (QED) is 0.440. The summed E-state index contributed by atoms with van der Waals surface area (Å²) in [5, 5.41) is 13.8. The summed E-state index contributed by atoms with van der Waals surface area (Å²) in [6.45, 7) is 9.74. The number of carboxylic acids is 1. The predicted molar refractivity (Wildman–Crippen MR) is 141 cm³/mol. The van der Waals surface area contributed by atoms with Gasteiger partial charge in [0.25, 0.3) is 0 Å². The average Bonchev–Trinajstić information content (AvgIpc) is 2.82. The van der Waals surface area contributed by atoms with E-state index in [9.17, 15) is 4.79 Å². The normalized spacial score (nSPS) is 15.6. The standard InChI is InChI=1S/C26H33N7O2/c1-5-21(29-24-19(9-10-22(34)35)17(3)28-26(27)31-24)20-15-18-8-6-7-16(2)23(18)30-25(20)33-13-11-32(4)12-14-33/h6-10,15,21H,5,11-14H2,1-4H3,(H,34,35)(H3,27,28,29,31). The minimum Gasteiger partial charge on any atom is -0.478 e. The number of rotatable bonds is 7. The first-order chi connectivity index (χ1) is 16.8. The van der Waals surface area contributed by atoms with Crippen LogP contribution in [0.15, 0.2) is 30.3 Å². The van der Waals surface area contributed by atoms with Crippen molar-refractivity contribution in [3.8, 4) is 0 Å². The second-order valence-corrected chi connectivity index (χ2v) is 9.04. The van der Waals surface area contributed by atoms with Gasteiger partial charge in [0, 0.05) is 48.8 Å². The molecule has 0 amide bonds. The summed E-state index contributed by atoms with van der Waals surface area (Å²) in [4.78, 5) is 29.7. The molecule has 0 saturated carbocycles. The van der Waals surface area contributed by atoms with Gasteiger partial charge < -0.3 is 26.0 Å². The van der Waals surface area contributed by atoms with Gasteiger partial charge >= 0.3 is 5.97 Å². The molecule has 1 aliphatic rings. The number of benzene rings is 1. The van der Waals surface area contributed by atoms with Gasteiger partial charge in [-0.15, -0.1) is 0 Å². The highest BCUT2D eigenvalue weighted by atomic mass is 16.4. The number of aryl methyl sites for hydroxylation is 2. The number of pyridine rings is 1. The lowest BCUT2D eigenvalue weighted by molar-refractivity contribution is -0.131. The first-order valence-corrected chi connectivity index (χ1v) is 11.9. The lowest BCUT2D eigenvalue weighted by Gasteiger charge is -2.35. The fourth-order valence-electron chi connectivity index (χ4n) is 4.51. The van der Waals surface area contributed by atoms with Crippen LogP contribution in [0.5, 0.6) is 0 Å². The summed E-state index contributed by atoms with van der Waals surface area (Å²) in [5.74, 6) is 0.582. The number of fused-ring (bicyclic) bond motifs is 1. The highest BCUT2D eigenvalue weighted by molar-refractivity contribution is 5.87. The molecule has 1 saturated heterocycles. The Morgan fingerprint density at radius 2 is 1.94 bits per heavy atom. The molecule has 0 aliphatic carbocycles. The van der Waals surface area contributed by atoms with Gasteiger partial charge in [0.15, 0.2) is 0 Å². The Labute approximate surface area is 205 Å². The fraction of sp³-hybridized carbons (Fsp3) is 0.385. The van der Waals surface area contributed by atoms with Crippen LogP contribution in [0.3, 0.4) is 0 Å². The molecule has 35 heavy (non-hydrogen) atoms. The Kier molecular flexibility index (Phi) is 7.16. The fourth-order valence-corrected chi connectivity index (χ4v) is 4.51. The number of carbonyl (C=O) groups is 1. The minimum atomic E-state index is -1.04. The Balaban J connectivity index is 1.81. The van der Waals surface area contributed by atoms with E-state index in [2.05, 4.69) is 70.2 Å². The lowest BCUT2D eigenvalue weighted by Crippen LogP contribution is -2.45. The van der Waals surface area contributed by atoms with Gasteiger partial charge in [-0.25, -0.2) is 14.8 Å². The molecule has 2 aromatic heterocycles. The molecule has 4 rings (SSSR count). The number of nitrogens with one attached hydrogen (secondary N) is 1. The summed E-state index contributed by atoms with van der Waals surface area (Å²) < 4.78 is 0. The van der Waals surface area contributed by atoms with Gasteiger partial charge in [-0.1, -0.05) is 25.1 Å². The van der Waals surface area contributed by atoms with E-state index in [1.165, 1.54) is 6.08 Å². The van der Waals surface area contributed by atoms with Gasteiger partial charge in [0.1, 0.15) is 11.6 Å². The van der Waals surface area contributed by atoms with Crippen molar-refractivity contribution in [2.75, 3.05) is 49.2 Å². The number of hydrogen-bond acceptors (Lipinski definition) is 8. The summed E-state index contributed by atoms with van der Waals surface area (Å²) in [5.41, 5.74) is 10.4. The van der Waals surface area contributed by atoms with Crippen LogP contribution in [0.1, 0.15) is 41.8 Å². The highest BCUT2D eigenvalue weighted by Crippen LogP contribution is 2.34.